The van der Waals surface area contributed by atoms with Crippen molar-refractivity contribution in [2.24, 2.45) is 0 Å². The van der Waals surface area contributed by atoms with Crippen LogP contribution in [0, 0.1) is 11.3 Å². The molecule has 2 bridgehead atoms. The zero-order chi connectivity index (χ0) is 13.3. The van der Waals surface area contributed by atoms with E-state index in [1.165, 1.54) is 12.0 Å². The van der Waals surface area contributed by atoms with Crippen molar-refractivity contribution in [3.63, 3.8) is 0 Å². The lowest BCUT2D eigenvalue weighted by atomic mass is 9.93. The van der Waals surface area contributed by atoms with Gasteiger partial charge in [0.05, 0.1) is 7.11 Å². The number of esters is 1. The molecule has 2 saturated heterocycles. The maximum Gasteiger partial charge on any atom is 0.407 e. The second-order valence-electron chi connectivity index (χ2n) is 4.57. The van der Waals surface area contributed by atoms with E-state index in [4.69, 9.17) is 10.4 Å². The molecule has 0 aromatic heterocycles. The average Bonchev–Trinajstić information content (AvgIpc) is 2.62. The van der Waals surface area contributed by atoms with Crippen LogP contribution in [-0.4, -0.2) is 41.3 Å². The van der Waals surface area contributed by atoms with Crippen molar-refractivity contribution < 1.29 is 19.4 Å². The minimum atomic E-state index is -0.918. The molecule has 0 radical (unpaired) electrons. The van der Waals surface area contributed by atoms with E-state index in [-0.39, 0.29) is 17.7 Å². The van der Waals surface area contributed by atoms with Gasteiger partial charge in [-0.05, 0) is 31.3 Å². The van der Waals surface area contributed by atoms with Gasteiger partial charge in [-0.2, -0.15) is 5.26 Å². The summed E-state index contributed by atoms with van der Waals surface area (Å²) in [4.78, 5) is 24.0. The van der Waals surface area contributed by atoms with Crippen molar-refractivity contribution >= 4 is 12.1 Å². The largest absolute Gasteiger partial charge is 0.465 e. The lowest BCUT2D eigenvalue weighted by Gasteiger charge is -2.34. The maximum atomic E-state index is 11.5. The predicted molar refractivity (Wildman–Crippen MR) is 60.6 cm³/mol. The van der Waals surface area contributed by atoms with Crippen molar-refractivity contribution in [1.82, 2.24) is 4.90 Å². The van der Waals surface area contributed by atoms with E-state index in [0.29, 0.717) is 12.8 Å². The molecule has 2 aliphatic rings. The van der Waals surface area contributed by atoms with Crippen LogP contribution in [0.4, 0.5) is 4.79 Å². The molecule has 2 atom stereocenters. The Morgan fingerprint density at radius 1 is 1.39 bits per heavy atom. The number of nitriles is 1. The number of nitrogens with zero attached hydrogens (tertiary/aromatic N) is 2. The summed E-state index contributed by atoms with van der Waals surface area (Å²) >= 11 is 0. The first-order valence-corrected chi connectivity index (χ1v) is 5.80. The standard InChI is InChI=1S/C12H14N2O4/c1-18-11(15)10(6-13)7-4-8-2-3-9(5-7)14(8)12(16)17/h8-9H,2-5H2,1H3,(H,16,17). The van der Waals surface area contributed by atoms with Gasteiger partial charge in [0, 0.05) is 12.1 Å². The van der Waals surface area contributed by atoms with Gasteiger partial charge in [0.25, 0.3) is 0 Å². The Bertz CT molecular complexity index is 447. The summed E-state index contributed by atoms with van der Waals surface area (Å²) in [7, 11) is 1.24. The SMILES string of the molecule is COC(=O)C(C#N)=C1CC2CCC(C1)N2C(=O)O. The summed E-state index contributed by atoms with van der Waals surface area (Å²) in [6.07, 6.45) is 1.58. The second-order valence-corrected chi connectivity index (χ2v) is 4.57. The molecular weight excluding hydrogens is 236 g/mol. The van der Waals surface area contributed by atoms with E-state index >= 15 is 0 Å². The van der Waals surface area contributed by atoms with Gasteiger partial charge >= 0.3 is 12.1 Å². The van der Waals surface area contributed by atoms with Gasteiger partial charge in [-0.3, -0.25) is 0 Å². The molecule has 0 aromatic carbocycles. The van der Waals surface area contributed by atoms with Crippen molar-refractivity contribution in [2.45, 2.75) is 37.8 Å². The van der Waals surface area contributed by atoms with Crippen LogP contribution in [0.5, 0.6) is 0 Å². The fraction of sp³-hybridized carbons (Fsp3) is 0.583. The highest BCUT2D eigenvalue weighted by atomic mass is 16.5. The highest BCUT2D eigenvalue weighted by molar-refractivity contribution is 5.93. The molecule has 2 rings (SSSR count). The van der Waals surface area contributed by atoms with E-state index in [0.717, 1.165) is 18.4 Å². The Labute approximate surface area is 104 Å². The third-order valence-electron chi connectivity index (χ3n) is 3.66. The molecule has 1 N–H and O–H groups in total. The van der Waals surface area contributed by atoms with E-state index in [2.05, 4.69) is 4.74 Å². The number of carbonyl (C=O) groups excluding carboxylic acids is 1. The summed E-state index contributed by atoms with van der Waals surface area (Å²) in [5.41, 5.74) is 0.772. The van der Waals surface area contributed by atoms with Gasteiger partial charge in [0.2, 0.25) is 0 Å². The molecule has 1 amide bonds. The molecule has 18 heavy (non-hydrogen) atoms. The number of methoxy groups -OCH3 is 1. The number of ether oxygens (including phenoxy) is 1. The van der Waals surface area contributed by atoms with Crippen LogP contribution >= 0.6 is 0 Å². The van der Waals surface area contributed by atoms with Crippen LogP contribution in [0.2, 0.25) is 0 Å². The summed E-state index contributed by atoms with van der Waals surface area (Å²) in [5.74, 6) is -0.629. The smallest absolute Gasteiger partial charge is 0.407 e. The van der Waals surface area contributed by atoms with Gasteiger partial charge in [0.15, 0.2) is 0 Å². The van der Waals surface area contributed by atoms with Crippen LogP contribution in [0.1, 0.15) is 25.7 Å². The van der Waals surface area contributed by atoms with Gasteiger partial charge < -0.3 is 14.7 Å². The number of carboxylic acid groups (broad SMARTS) is 1. The molecule has 0 aromatic rings. The molecule has 0 aliphatic carbocycles. The van der Waals surface area contributed by atoms with Crippen LogP contribution in [0.3, 0.4) is 0 Å². The first-order valence-electron chi connectivity index (χ1n) is 5.80. The first kappa shape index (κ1) is 12.4. The van der Waals surface area contributed by atoms with Gasteiger partial charge in [0.1, 0.15) is 11.6 Å². The monoisotopic (exact) mass is 250 g/mol. The predicted octanol–water partition coefficient (Wildman–Crippen LogP) is 1.28. The van der Waals surface area contributed by atoms with Gasteiger partial charge in [-0.15, -0.1) is 0 Å². The Morgan fingerprint density at radius 3 is 2.33 bits per heavy atom. The molecule has 2 aliphatic heterocycles. The molecule has 96 valence electrons. The van der Waals surface area contributed by atoms with Crippen molar-refractivity contribution in [3.8, 4) is 6.07 Å². The summed E-state index contributed by atoms with van der Waals surface area (Å²) < 4.78 is 4.57. The lowest BCUT2D eigenvalue weighted by Crippen LogP contribution is -2.44. The van der Waals surface area contributed by atoms with Crippen molar-refractivity contribution in [2.75, 3.05) is 7.11 Å². The summed E-state index contributed by atoms with van der Waals surface area (Å²) in [6.45, 7) is 0. The van der Waals surface area contributed by atoms with Gasteiger partial charge in [-0.25, -0.2) is 9.59 Å². The Balaban J connectivity index is 2.27. The zero-order valence-corrected chi connectivity index (χ0v) is 10.0. The van der Waals surface area contributed by atoms with Gasteiger partial charge in [-0.1, -0.05) is 0 Å². The fourth-order valence-electron chi connectivity index (χ4n) is 2.90. The van der Waals surface area contributed by atoms with Crippen molar-refractivity contribution in [1.29, 1.82) is 5.26 Å². The Hall–Kier alpha value is -2.03. The van der Waals surface area contributed by atoms with E-state index in [1.807, 2.05) is 6.07 Å². The number of fused-ring (bicyclic) bond motifs is 2. The molecule has 0 spiro atoms. The number of hydrogen-bond acceptors (Lipinski definition) is 4. The topological polar surface area (TPSA) is 90.6 Å². The molecule has 2 heterocycles. The summed E-state index contributed by atoms with van der Waals surface area (Å²) in [6, 6.07) is 1.66. The number of piperidine rings is 1. The normalized spacial score (nSPS) is 25.6. The molecule has 6 nitrogen and oxygen atoms in total. The minimum absolute atomic E-state index is 0.0411. The maximum absolute atomic E-state index is 11.5. The number of carbonyl (C=O) groups is 2. The lowest BCUT2D eigenvalue weighted by molar-refractivity contribution is -0.135. The third kappa shape index (κ3) is 1.92. The van der Waals surface area contributed by atoms with Crippen LogP contribution < -0.4 is 0 Å². The zero-order valence-electron chi connectivity index (χ0n) is 10.0. The Kier molecular flexibility index (Phi) is 3.24. The minimum Gasteiger partial charge on any atom is -0.465 e. The molecule has 2 fully saturated rings. The van der Waals surface area contributed by atoms with E-state index in [9.17, 15) is 9.59 Å². The van der Waals surface area contributed by atoms with Crippen LogP contribution in [0.15, 0.2) is 11.1 Å². The number of hydrogen-bond donors (Lipinski definition) is 1. The number of rotatable bonds is 1. The van der Waals surface area contributed by atoms with Crippen LogP contribution in [0.25, 0.3) is 0 Å². The van der Waals surface area contributed by atoms with E-state index in [1.54, 1.807) is 0 Å². The van der Waals surface area contributed by atoms with Crippen LogP contribution in [-0.2, 0) is 9.53 Å². The molecule has 2 unspecified atom stereocenters. The quantitative estimate of drug-likeness (QED) is 0.430. The average molecular weight is 250 g/mol. The fourth-order valence-corrected chi connectivity index (χ4v) is 2.90. The first-order chi connectivity index (χ1) is 8.58. The third-order valence-corrected chi connectivity index (χ3v) is 3.66. The highest BCUT2D eigenvalue weighted by Gasteiger charge is 2.42. The van der Waals surface area contributed by atoms with E-state index < -0.39 is 12.1 Å². The highest BCUT2D eigenvalue weighted by Crippen LogP contribution is 2.39. The molecular formula is C12H14N2O4. The molecule has 0 saturated carbocycles. The number of amides is 1. The Morgan fingerprint density at radius 2 is 1.94 bits per heavy atom. The molecule has 6 heteroatoms. The summed E-state index contributed by atoms with van der Waals surface area (Å²) in [5, 5.41) is 18.1. The second kappa shape index (κ2) is 4.69. The van der Waals surface area contributed by atoms with Crippen molar-refractivity contribution in [3.05, 3.63) is 11.1 Å².